The van der Waals surface area contributed by atoms with E-state index in [1.165, 1.54) is 0 Å². The van der Waals surface area contributed by atoms with Crippen LogP contribution >= 0.6 is 0 Å². The number of pyridine rings is 1. The van der Waals surface area contributed by atoms with Gasteiger partial charge in [-0.05, 0) is 18.9 Å². The first-order chi connectivity index (χ1) is 8.72. The lowest BCUT2D eigenvalue weighted by atomic mass is 10.2. The van der Waals surface area contributed by atoms with E-state index in [-0.39, 0.29) is 11.6 Å². The molecule has 2 rings (SSSR count). The van der Waals surface area contributed by atoms with Gasteiger partial charge in [-0.25, -0.2) is 4.39 Å². The summed E-state index contributed by atoms with van der Waals surface area (Å²) in [5.41, 5.74) is 2.18. The number of hydrogen-bond donors (Lipinski definition) is 0. The Morgan fingerprint density at radius 1 is 1.22 bits per heavy atom. The van der Waals surface area contributed by atoms with Crippen molar-refractivity contribution in [1.29, 1.82) is 0 Å². The molecular formula is C15H16FNO. The molecule has 0 unspecified atom stereocenters. The van der Waals surface area contributed by atoms with Gasteiger partial charge in [-0.15, -0.1) is 0 Å². The largest absolute Gasteiger partial charge is 0.484 e. The lowest BCUT2D eigenvalue weighted by Gasteiger charge is -2.12. The molecule has 94 valence electrons. The molecule has 0 saturated carbocycles. The van der Waals surface area contributed by atoms with Crippen molar-refractivity contribution < 1.29 is 9.13 Å². The quantitative estimate of drug-likeness (QED) is 0.820. The zero-order valence-corrected chi connectivity index (χ0v) is 10.6. The molecule has 2 aromatic rings. The molecule has 1 aromatic heterocycles. The maximum absolute atomic E-state index is 14.0. The topological polar surface area (TPSA) is 22.1 Å². The Morgan fingerprint density at radius 2 is 1.94 bits per heavy atom. The third kappa shape index (κ3) is 2.67. The van der Waals surface area contributed by atoms with Gasteiger partial charge in [0.2, 0.25) is 0 Å². The summed E-state index contributed by atoms with van der Waals surface area (Å²) in [5.74, 6) is -0.0286. The molecule has 0 fully saturated rings. The fourth-order valence-corrected chi connectivity index (χ4v) is 1.72. The highest BCUT2D eigenvalue weighted by Crippen LogP contribution is 2.24. The van der Waals surface area contributed by atoms with Crippen molar-refractivity contribution in [3.05, 3.63) is 59.2 Å². The molecule has 0 spiro atoms. The Hall–Kier alpha value is -1.90. The van der Waals surface area contributed by atoms with E-state index in [1.807, 2.05) is 37.3 Å². The van der Waals surface area contributed by atoms with E-state index in [4.69, 9.17) is 4.74 Å². The van der Waals surface area contributed by atoms with Gasteiger partial charge in [0.1, 0.15) is 6.61 Å². The molecule has 0 bridgehead atoms. The molecule has 0 radical (unpaired) electrons. The Kier molecular flexibility index (Phi) is 3.92. The van der Waals surface area contributed by atoms with Crippen molar-refractivity contribution in [3.8, 4) is 5.75 Å². The summed E-state index contributed by atoms with van der Waals surface area (Å²) >= 11 is 0. The number of ether oxygens (including phenoxy) is 1. The first-order valence-electron chi connectivity index (χ1n) is 6.03. The monoisotopic (exact) mass is 245 g/mol. The summed E-state index contributed by atoms with van der Waals surface area (Å²) in [6.45, 7) is 3.99. The third-order valence-corrected chi connectivity index (χ3v) is 2.78. The number of aryl methyl sites for hydroxylation is 2. The summed E-state index contributed by atoms with van der Waals surface area (Å²) in [6.07, 6.45) is 2.20. The van der Waals surface area contributed by atoms with E-state index in [0.29, 0.717) is 24.3 Å². The van der Waals surface area contributed by atoms with Gasteiger partial charge in [-0.2, -0.15) is 0 Å². The molecule has 2 nitrogen and oxygen atoms in total. The minimum atomic E-state index is -0.308. The molecule has 1 heterocycles. The molecule has 0 aliphatic carbocycles. The van der Waals surface area contributed by atoms with Crippen LogP contribution in [0.25, 0.3) is 0 Å². The fraction of sp³-hybridized carbons (Fsp3) is 0.267. The summed E-state index contributed by atoms with van der Waals surface area (Å²) < 4.78 is 19.6. The van der Waals surface area contributed by atoms with Crippen LogP contribution in [0.4, 0.5) is 4.39 Å². The highest BCUT2D eigenvalue weighted by Gasteiger charge is 2.13. The van der Waals surface area contributed by atoms with Gasteiger partial charge in [0.25, 0.3) is 0 Å². The molecule has 3 heteroatoms. The number of aromatic nitrogens is 1. The Morgan fingerprint density at radius 3 is 2.61 bits per heavy atom. The second kappa shape index (κ2) is 5.63. The van der Waals surface area contributed by atoms with Crippen molar-refractivity contribution in [2.75, 3.05) is 0 Å². The summed E-state index contributed by atoms with van der Waals surface area (Å²) in [7, 11) is 0. The number of hydrogen-bond acceptors (Lipinski definition) is 2. The molecule has 0 amide bonds. The van der Waals surface area contributed by atoms with Crippen LogP contribution in [0, 0.1) is 12.7 Å². The Labute approximate surface area is 106 Å². The second-order valence-corrected chi connectivity index (χ2v) is 4.16. The van der Waals surface area contributed by atoms with Gasteiger partial charge < -0.3 is 4.74 Å². The summed E-state index contributed by atoms with van der Waals surface area (Å²) in [5, 5.41) is 0. The standard InChI is InChI=1S/C15H16FNO/c1-3-13-15(14(16)11(2)9-17-13)18-10-12-7-5-4-6-8-12/h4-9H,3,10H2,1-2H3. The van der Waals surface area contributed by atoms with E-state index in [2.05, 4.69) is 4.98 Å². The first kappa shape index (κ1) is 12.6. The highest BCUT2D eigenvalue weighted by atomic mass is 19.1. The van der Waals surface area contributed by atoms with Crippen LogP contribution < -0.4 is 4.74 Å². The predicted octanol–water partition coefficient (Wildman–Crippen LogP) is 3.67. The van der Waals surface area contributed by atoms with Gasteiger partial charge in [-0.1, -0.05) is 37.3 Å². The molecule has 0 atom stereocenters. The van der Waals surface area contributed by atoms with Crippen LogP contribution in [0.15, 0.2) is 36.5 Å². The smallest absolute Gasteiger partial charge is 0.177 e. The van der Waals surface area contributed by atoms with Gasteiger partial charge in [0, 0.05) is 11.8 Å². The average Bonchev–Trinajstić information content (AvgIpc) is 2.41. The fourth-order valence-electron chi connectivity index (χ4n) is 1.72. The van der Waals surface area contributed by atoms with E-state index in [9.17, 15) is 4.39 Å². The number of halogens is 1. The zero-order valence-electron chi connectivity index (χ0n) is 10.6. The van der Waals surface area contributed by atoms with E-state index >= 15 is 0 Å². The van der Waals surface area contributed by atoms with Crippen LogP contribution in [0.3, 0.4) is 0 Å². The zero-order chi connectivity index (χ0) is 13.0. The van der Waals surface area contributed by atoms with Crippen molar-refractivity contribution in [1.82, 2.24) is 4.98 Å². The minimum absolute atomic E-state index is 0.279. The molecule has 0 N–H and O–H groups in total. The van der Waals surface area contributed by atoms with Gasteiger partial charge in [0.15, 0.2) is 11.6 Å². The van der Waals surface area contributed by atoms with Crippen molar-refractivity contribution in [2.45, 2.75) is 26.9 Å². The Bertz CT molecular complexity index is 526. The number of rotatable bonds is 4. The normalized spacial score (nSPS) is 10.4. The van der Waals surface area contributed by atoms with E-state index < -0.39 is 0 Å². The maximum Gasteiger partial charge on any atom is 0.177 e. The van der Waals surface area contributed by atoms with Crippen LogP contribution in [0.5, 0.6) is 5.75 Å². The Balaban J connectivity index is 2.21. The molecule has 0 aliphatic heterocycles. The lowest BCUT2D eigenvalue weighted by molar-refractivity contribution is 0.284. The first-order valence-corrected chi connectivity index (χ1v) is 6.03. The lowest BCUT2D eigenvalue weighted by Crippen LogP contribution is -2.03. The molecule has 18 heavy (non-hydrogen) atoms. The highest BCUT2D eigenvalue weighted by molar-refractivity contribution is 5.33. The number of nitrogens with zero attached hydrogens (tertiary/aromatic N) is 1. The molecule has 1 aromatic carbocycles. The third-order valence-electron chi connectivity index (χ3n) is 2.78. The maximum atomic E-state index is 14.0. The second-order valence-electron chi connectivity index (χ2n) is 4.16. The van der Waals surface area contributed by atoms with Gasteiger partial charge in [0.05, 0.1) is 5.69 Å². The molecule has 0 aliphatic rings. The van der Waals surface area contributed by atoms with Gasteiger partial charge >= 0.3 is 0 Å². The summed E-state index contributed by atoms with van der Waals surface area (Å²) in [4.78, 5) is 4.20. The van der Waals surface area contributed by atoms with Crippen LogP contribution in [-0.4, -0.2) is 4.98 Å². The minimum Gasteiger partial charge on any atom is -0.484 e. The van der Waals surface area contributed by atoms with E-state index in [0.717, 1.165) is 5.56 Å². The SMILES string of the molecule is CCc1ncc(C)c(F)c1OCc1ccccc1. The van der Waals surface area contributed by atoms with Crippen LogP contribution in [-0.2, 0) is 13.0 Å². The van der Waals surface area contributed by atoms with Crippen molar-refractivity contribution in [2.24, 2.45) is 0 Å². The van der Waals surface area contributed by atoms with Crippen LogP contribution in [0.1, 0.15) is 23.7 Å². The molecule has 0 saturated heterocycles. The van der Waals surface area contributed by atoms with Crippen molar-refractivity contribution >= 4 is 0 Å². The van der Waals surface area contributed by atoms with Gasteiger partial charge in [-0.3, -0.25) is 4.98 Å². The van der Waals surface area contributed by atoms with E-state index in [1.54, 1.807) is 13.1 Å². The van der Waals surface area contributed by atoms with Crippen molar-refractivity contribution in [3.63, 3.8) is 0 Å². The summed E-state index contributed by atoms with van der Waals surface area (Å²) in [6, 6.07) is 9.71. The molecular weight excluding hydrogens is 229 g/mol. The average molecular weight is 245 g/mol. The predicted molar refractivity (Wildman–Crippen MR) is 69.1 cm³/mol. The van der Waals surface area contributed by atoms with Crippen LogP contribution in [0.2, 0.25) is 0 Å². The number of benzene rings is 1.